The van der Waals surface area contributed by atoms with Crippen molar-refractivity contribution in [3.05, 3.63) is 12.2 Å². The number of nitrogens with two attached hydrogens (primary N) is 1. The van der Waals surface area contributed by atoms with Gasteiger partial charge in [-0.25, -0.2) is 0 Å². The predicted molar refractivity (Wildman–Crippen MR) is 87.0 cm³/mol. The van der Waals surface area contributed by atoms with Crippen molar-refractivity contribution in [1.82, 2.24) is 0 Å². The van der Waals surface area contributed by atoms with E-state index in [0.29, 0.717) is 0 Å². The molecular weight excluding hydrogens is 230 g/mol. The molecular formula is C18H33N. The Morgan fingerprint density at radius 2 is 1.53 bits per heavy atom. The van der Waals surface area contributed by atoms with Crippen molar-refractivity contribution in [3.63, 3.8) is 0 Å². The standard InChI is InChI=1S/C18H33N/c1-2-3-4-5-6-7-8-9-10-11-12-13-14-15-16-17-18-19/h7-8H,2-6,11-19H2,1H3/b8-7+. The number of hydrogen-bond donors (Lipinski definition) is 1. The molecule has 0 radical (unpaired) electrons. The first-order valence-corrected chi connectivity index (χ1v) is 8.25. The molecule has 0 aliphatic rings. The summed E-state index contributed by atoms with van der Waals surface area (Å²) in [5.41, 5.74) is 5.46. The highest BCUT2D eigenvalue weighted by Gasteiger charge is 1.89. The topological polar surface area (TPSA) is 26.0 Å². The monoisotopic (exact) mass is 263 g/mol. The molecule has 0 bridgehead atoms. The number of allylic oxidation sites excluding steroid dienone is 2. The summed E-state index contributed by atoms with van der Waals surface area (Å²) < 4.78 is 0. The van der Waals surface area contributed by atoms with Gasteiger partial charge >= 0.3 is 0 Å². The van der Waals surface area contributed by atoms with Gasteiger partial charge in [-0.3, -0.25) is 0 Å². The lowest BCUT2D eigenvalue weighted by atomic mass is 10.1. The van der Waals surface area contributed by atoms with Crippen LogP contribution in [0.5, 0.6) is 0 Å². The molecule has 1 heteroatoms. The van der Waals surface area contributed by atoms with Crippen molar-refractivity contribution < 1.29 is 0 Å². The average molecular weight is 263 g/mol. The van der Waals surface area contributed by atoms with Gasteiger partial charge in [0.2, 0.25) is 0 Å². The molecule has 0 aromatic carbocycles. The molecule has 0 amide bonds. The summed E-state index contributed by atoms with van der Waals surface area (Å²) in [6.45, 7) is 3.09. The second-order valence-electron chi connectivity index (χ2n) is 5.23. The molecule has 1 nitrogen and oxygen atoms in total. The van der Waals surface area contributed by atoms with Crippen molar-refractivity contribution in [2.24, 2.45) is 5.73 Å². The van der Waals surface area contributed by atoms with Crippen LogP contribution >= 0.6 is 0 Å². The van der Waals surface area contributed by atoms with E-state index in [0.717, 1.165) is 13.0 Å². The largest absolute Gasteiger partial charge is 0.330 e. The van der Waals surface area contributed by atoms with E-state index in [1.165, 1.54) is 70.6 Å². The Balaban J connectivity index is 3.19. The van der Waals surface area contributed by atoms with Crippen LogP contribution in [0.4, 0.5) is 0 Å². The van der Waals surface area contributed by atoms with Crippen LogP contribution in [0.2, 0.25) is 0 Å². The molecule has 110 valence electrons. The van der Waals surface area contributed by atoms with Gasteiger partial charge in [-0.15, -0.1) is 0 Å². The molecule has 0 heterocycles. The minimum atomic E-state index is 0.844. The van der Waals surface area contributed by atoms with Crippen molar-refractivity contribution in [2.45, 2.75) is 84.0 Å². The lowest BCUT2D eigenvalue weighted by molar-refractivity contribution is 0.603. The van der Waals surface area contributed by atoms with Gasteiger partial charge in [0, 0.05) is 6.42 Å². The SMILES string of the molecule is CCCCCC/C=C/C#CCCCCCCCCN. The van der Waals surface area contributed by atoms with Crippen LogP contribution in [0.1, 0.15) is 84.0 Å². The Morgan fingerprint density at radius 3 is 2.26 bits per heavy atom. The maximum atomic E-state index is 5.46. The summed E-state index contributed by atoms with van der Waals surface area (Å²) in [7, 11) is 0. The second-order valence-corrected chi connectivity index (χ2v) is 5.23. The molecule has 0 aromatic rings. The molecule has 2 N–H and O–H groups in total. The third-order valence-electron chi connectivity index (χ3n) is 3.28. The van der Waals surface area contributed by atoms with Crippen LogP contribution in [0.15, 0.2) is 12.2 Å². The maximum Gasteiger partial charge on any atom is 0.00922 e. The average Bonchev–Trinajstić information content (AvgIpc) is 2.43. The summed E-state index contributed by atoms with van der Waals surface area (Å²) in [5, 5.41) is 0. The molecule has 0 aromatic heterocycles. The van der Waals surface area contributed by atoms with E-state index in [2.05, 4.69) is 24.8 Å². The number of rotatable bonds is 12. The van der Waals surface area contributed by atoms with Crippen molar-refractivity contribution >= 4 is 0 Å². The minimum absolute atomic E-state index is 0.844. The van der Waals surface area contributed by atoms with E-state index >= 15 is 0 Å². The van der Waals surface area contributed by atoms with Gasteiger partial charge in [-0.1, -0.05) is 69.8 Å². The van der Waals surface area contributed by atoms with E-state index in [1.54, 1.807) is 0 Å². The zero-order valence-electron chi connectivity index (χ0n) is 12.9. The molecule has 0 aliphatic carbocycles. The van der Waals surface area contributed by atoms with Crippen LogP contribution in [0, 0.1) is 11.8 Å². The van der Waals surface area contributed by atoms with Gasteiger partial charge < -0.3 is 5.73 Å². The van der Waals surface area contributed by atoms with Crippen molar-refractivity contribution in [1.29, 1.82) is 0 Å². The molecule has 0 atom stereocenters. The molecule has 0 spiro atoms. The lowest BCUT2D eigenvalue weighted by Crippen LogP contribution is -1.97. The summed E-state index contributed by atoms with van der Waals surface area (Å²) in [4.78, 5) is 0. The highest BCUT2D eigenvalue weighted by molar-refractivity contribution is 5.14. The molecule has 19 heavy (non-hydrogen) atoms. The maximum absolute atomic E-state index is 5.46. The highest BCUT2D eigenvalue weighted by Crippen LogP contribution is 2.06. The Hall–Kier alpha value is -0.740. The summed E-state index contributed by atoms with van der Waals surface area (Å²) >= 11 is 0. The Labute approximate surface area is 121 Å². The smallest absolute Gasteiger partial charge is 0.00922 e. The first-order chi connectivity index (χ1) is 9.41. The van der Waals surface area contributed by atoms with Crippen LogP contribution < -0.4 is 5.73 Å². The first-order valence-electron chi connectivity index (χ1n) is 8.25. The third kappa shape index (κ3) is 17.3. The fraction of sp³-hybridized carbons (Fsp3) is 0.778. The Kier molecular flexibility index (Phi) is 16.6. The van der Waals surface area contributed by atoms with Crippen LogP contribution in [0.25, 0.3) is 0 Å². The summed E-state index contributed by atoms with van der Waals surface area (Å²) in [6.07, 6.45) is 19.6. The van der Waals surface area contributed by atoms with E-state index in [1.807, 2.05) is 6.08 Å². The molecule has 0 saturated heterocycles. The fourth-order valence-electron chi connectivity index (χ4n) is 2.03. The van der Waals surface area contributed by atoms with Crippen LogP contribution in [-0.2, 0) is 0 Å². The second kappa shape index (κ2) is 17.3. The van der Waals surface area contributed by atoms with Gasteiger partial charge in [0.15, 0.2) is 0 Å². The lowest BCUT2D eigenvalue weighted by Gasteiger charge is -1.97. The molecule has 0 fully saturated rings. The van der Waals surface area contributed by atoms with E-state index in [-0.39, 0.29) is 0 Å². The third-order valence-corrected chi connectivity index (χ3v) is 3.28. The Morgan fingerprint density at radius 1 is 0.842 bits per heavy atom. The molecule has 0 rings (SSSR count). The molecule has 0 saturated carbocycles. The molecule has 0 aliphatic heterocycles. The van der Waals surface area contributed by atoms with E-state index in [9.17, 15) is 0 Å². The van der Waals surface area contributed by atoms with Gasteiger partial charge in [0.25, 0.3) is 0 Å². The predicted octanol–water partition coefficient (Wildman–Crippen LogP) is 5.21. The number of unbranched alkanes of at least 4 members (excludes halogenated alkanes) is 10. The van der Waals surface area contributed by atoms with Gasteiger partial charge in [0.05, 0.1) is 0 Å². The quantitative estimate of drug-likeness (QED) is 0.380. The number of hydrogen-bond acceptors (Lipinski definition) is 1. The zero-order valence-corrected chi connectivity index (χ0v) is 12.9. The molecule has 0 unspecified atom stereocenters. The first kappa shape index (κ1) is 18.3. The van der Waals surface area contributed by atoms with E-state index in [4.69, 9.17) is 5.73 Å². The van der Waals surface area contributed by atoms with Crippen LogP contribution in [0.3, 0.4) is 0 Å². The van der Waals surface area contributed by atoms with Crippen molar-refractivity contribution in [3.8, 4) is 11.8 Å². The Bertz CT molecular complexity index is 244. The van der Waals surface area contributed by atoms with Crippen LogP contribution in [-0.4, -0.2) is 6.54 Å². The van der Waals surface area contributed by atoms with Gasteiger partial charge in [0.1, 0.15) is 0 Å². The van der Waals surface area contributed by atoms with Gasteiger partial charge in [-0.2, -0.15) is 0 Å². The van der Waals surface area contributed by atoms with Gasteiger partial charge in [-0.05, 0) is 38.3 Å². The highest BCUT2D eigenvalue weighted by atomic mass is 14.5. The summed E-state index contributed by atoms with van der Waals surface area (Å²) in [6, 6.07) is 0. The minimum Gasteiger partial charge on any atom is -0.330 e. The zero-order chi connectivity index (χ0) is 14.0. The summed E-state index contributed by atoms with van der Waals surface area (Å²) in [5.74, 6) is 6.37. The van der Waals surface area contributed by atoms with Crippen molar-refractivity contribution in [2.75, 3.05) is 6.54 Å². The normalized spacial score (nSPS) is 10.6. The van der Waals surface area contributed by atoms with E-state index < -0.39 is 0 Å². The fourth-order valence-corrected chi connectivity index (χ4v) is 2.03.